The van der Waals surface area contributed by atoms with Crippen LogP contribution in [0.5, 0.6) is 5.88 Å². The zero-order valence-corrected chi connectivity index (χ0v) is 13.5. The molecule has 2 aliphatic rings. The SMILES string of the molecule is CN1CCC[C@H]1c1cccnc1O[C@@H]1O[C@H](CO)[C@H](O)[C@H](O)[C@H]1O. The first-order valence-corrected chi connectivity index (χ1v) is 8.15. The van der Waals surface area contributed by atoms with E-state index >= 15 is 0 Å². The summed E-state index contributed by atoms with van der Waals surface area (Å²) in [7, 11) is 2.03. The largest absolute Gasteiger partial charge is 0.445 e. The molecule has 8 heteroatoms. The molecule has 3 heterocycles. The highest BCUT2D eigenvalue weighted by molar-refractivity contribution is 5.30. The summed E-state index contributed by atoms with van der Waals surface area (Å²) >= 11 is 0. The first-order chi connectivity index (χ1) is 11.5. The highest BCUT2D eigenvalue weighted by atomic mass is 16.7. The van der Waals surface area contributed by atoms with Crippen LogP contribution in [0.15, 0.2) is 18.3 Å². The third-order valence-corrected chi connectivity index (χ3v) is 4.76. The van der Waals surface area contributed by atoms with Crippen LogP contribution in [0.2, 0.25) is 0 Å². The summed E-state index contributed by atoms with van der Waals surface area (Å²) in [6.45, 7) is 0.490. The van der Waals surface area contributed by atoms with E-state index in [-0.39, 0.29) is 6.04 Å². The van der Waals surface area contributed by atoms with Crippen LogP contribution < -0.4 is 4.74 Å². The number of hydrogen-bond acceptors (Lipinski definition) is 8. The van der Waals surface area contributed by atoms with Gasteiger partial charge in [-0.2, -0.15) is 0 Å². The molecule has 24 heavy (non-hydrogen) atoms. The number of aliphatic hydroxyl groups excluding tert-OH is 4. The molecule has 0 aliphatic carbocycles. The second kappa shape index (κ2) is 7.30. The maximum atomic E-state index is 10.1. The fraction of sp³-hybridized carbons (Fsp3) is 0.688. The van der Waals surface area contributed by atoms with Gasteiger partial charge in [0, 0.05) is 17.8 Å². The number of nitrogens with zero attached hydrogens (tertiary/aromatic N) is 2. The van der Waals surface area contributed by atoms with E-state index in [1.165, 1.54) is 0 Å². The summed E-state index contributed by atoms with van der Waals surface area (Å²) in [5.74, 6) is 0.320. The minimum Gasteiger partial charge on any atom is -0.445 e. The highest BCUT2D eigenvalue weighted by Crippen LogP contribution is 2.35. The maximum Gasteiger partial charge on any atom is 0.231 e. The van der Waals surface area contributed by atoms with Crippen LogP contribution in [-0.4, -0.2) is 81.2 Å². The van der Waals surface area contributed by atoms with Crippen LogP contribution in [-0.2, 0) is 4.74 Å². The molecule has 2 fully saturated rings. The fourth-order valence-electron chi connectivity index (χ4n) is 3.33. The van der Waals surface area contributed by atoms with Gasteiger partial charge in [-0.05, 0) is 32.5 Å². The van der Waals surface area contributed by atoms with Crippen LogP contribution in [0.4, 0.5) is 0 Å². The Balaban J connectivity index is 1.80. The van der Waals surface area contributed by atoms with Gasteiger partial charge in [-0.1, -0.05) is 6.07 Å². The van der Waals surface area contributed by atoms with Crippen LogP contribution in [0.25, 0.3) is 0 Å². The molecule has 2 aliphatic heterocycles. The van der Waals surface area contributed by atoms with Crippen LogP contribution in [0.1, 0.15) is 24.4 Å². The Morgan fingerprint density at radius 2 is 2.08 bits per heavy atom. The summed E-state index contributed by atoms with van der Waals surface area (Å²) in [6.07, 6.45) is -2.91. The molecule has 0 radical (unpaired) electrons. The molecule has 6 atom stereocenters. The van der Waals surface area contributed by atoms with E-state index in [2.05, 4.69) is 9.88 Å². The molecular weight excluding hydrogens is 316 g/mol. The summed E-state index contributed by atoms with van der Waals surface area (Å²) in [6, 6.07) is 3.90. The van der Waals surface area contributed by atoms with Crippen molar-refractivity contribution in [3.63, 3.8) is 0 Å². The number of hydrogen-bond donors (Lipinski definition) is 4. The van der Waals surface area contributed by atoms with E-state index in [1.807, 2.05) is 19.2 Å². The molecule has 0 unspecified atom stereocenters. The number of aromatic nitrogens is 1. The van der Waals surface area contributed by atoms with E-state index in [1.54, 1.807) is 6.20 Å². The molecule has 0 amide bonds. The minimum atomic E-state index is -1.47. The Hall–Kier alpha value is -1.29. The number of pyridine rings is 1. The zero-order chi connectivity index (χ0) is 17.3. The van der Waals surface area contributed by atoms with Gasteiger partial charge < -0.3 is 29.9 Å². The zero-order valence-electron chi connectivity index (χ0n) is 13.5. The van der Waals surface area contributed by atoms with Gasteiger partial charge in [0.05, 0.1) is 6.61 Å². The Bertz CT molecular complexity index is 557. The second-order valence-electron chi connectivity index (χ2n) is 6.35. The van der Waals surface area contributed by atoms with Crippen molar-refractivity contribution in [2.24, 2.45) is 0 Å². The average Bonchev–Trinajstić information content (AvgIpc) is 3.01. The van der Waals surface area contributed by atoms with Gasteiger partial charge in [-0.3, -0.25) is 4.90 Å². The Morgan fingerprint density at radius 3 is 2.75 bits per heavy atom. The molecule has 4 N–H and O–H groups in total. The van der Waals surface area contributed by atoms with Crippen molar-refractivity contribution in [1.29, 1.82) is 0 Å². The lowest BCUT2D eigenvalue weighted by molar-refractivity contribution is -0.278. The van der Waals surface area contributed by atoms with Crippen molar-refractivity contribution >= 4 is 0 Å². The van der Waals surface area contributed by atoms with Gasteiger partial charge in [0.1, 0.15) is 24.4 Å². The smallest absolute Gasteiger partial charge is 0.231 e. The average molecular weight is 340 g/mol. The monoisotopic (exact) mass is 340 g/mol. The third kappa shape index (κ3) is 3.26. The van der Waals surface area contributed by atoms with Gasteiger partial charge in [0.2, 0.25) is 12.2 Å². The Kier molecular flexibility index (Phi) is 5.33. The quantitative estimate of drug-likeness (QED) is 0.553. The molecule has 8 nitrogen and oxygen atoms in total. The van der Waals surface area contributed by atoms with Crippen molar-refractivity contribution in [3.05, 3.63) is 23.9 Å². The van der Waals surface area contributed by atoms with E-state index in [4.69, 9.17) is 9.47 Å². The Morgan fingerprint density at radius 1 is 1.29 bits per heavy atom. The van der Waals surface area contributed by atoms with Crippen molar-refractivity contribution in [2.45, 2.75) is 49.6 Å². The molecule has 0 bridgehead atoms. The van der Waals surface area contributed by atoms with Crippen molar-refractivity contribution in [3.8, 4) is 5.88 Å². The minimum absolute atomic E-state index is 0.165. The van der Waals surface area contributed by atoms with Crippen molar-refractivity contribution in [2.75, 3.05) is 20.2 Å². The molecule has 1 aromatic rings. The number of likely N-dealkylation sites (tertiary alicyclic amines) is 1. The predicted molar refractivity (Wildman–Crippen MR) is 83.2 cm³/mol. The standard InChI is InChI=1S/C16H24N2O6/c1-18-7-3-5-10(18)9-4-2-6-17-15(9)24-16-14(22)13(21)12(20)11(8-19)23-16/h2,4,6,10-14,16,19-22H,3,5,7-8H2,1H3/t10-,11+,12-,13-,14+,16-/m0/s1. The van der Waals surface area contributed by atoms with Crippen molar-refractivity contribution in [1.82, 2.24) is 9.88 Å². The maximum absolute atomic E-state index is 10.1. The Labute approximate surface area is 140 Å². The lowest BCUT2D eigenvalue weighted by Crippen LogP contribution is -2.60. The number of ether oxygens (including phenoxy) is 2. The summed E-state index contributed by atoms with van der Waals surface area (Å²) < 4.78 is 11.1. The second-order valence-corrected chi connectivity index (χ2v) is 6.35. The molecule has 3 rings (SSSR count). The van der Waals surface area contributed by atoms with E-state index in [0.717, 1.165) is 24.9 Å². The van der Waals surface area contributed by atoms with Gasteiger partial charge >= 0.3 is 0 Å². The van der Waals surface area contributed by atoms with Crippen LogP contribution in [0, 0.1) is 0 Å². The van der Waals surface area contributed by atoms with E-state index < -0.39 is 37.3 Å². The van der Waals surface area contributed by atoms with Gasteiger partial charge in [0.15, 0.2) is 0 Å². The molecule has 1 aromatic heterocycles. The third-order valence-electron chi connectivity index (χ3n) is 4.76. The topological polar surface area (TPSA) is 116 Å². The summed E-state index contributed by atoms with van der Waals surface area (Å²) in [5.41, 5.74) is 0.884. The van der Waals surface area contributed by atoms with Gasteiger partial charge in [0.25, 0.3) is 0 Å². The summed E-state index contributed by atoms with van der Waals surface area (Å²) in [4.78, 5) is 6.44. The predicted octanol–water partition coefficient (Wildman–Crippen LogP) is -0.973. The van der Waals surface area contributed by atoms with Gasteiger partial charge in [-0.25, -0.2) is 4.98 Å². The molecule has 0 aromatic carbocycles. The molecular formula is C16H24N2O6. The van der Waals surface area contributed by atoms with Gasteiger partial charge in [-0.15, -0.1) is 0 Å². The first-order valence-electron chi connectivity index (χ1n) is 8.15. The lowest BCUT2D eigenvalue weighted by atomic mass is 9.99. The van der Waals surface area contributed by atoms with Crippen molar-refractivity contribution < 1.29 is 29.9 Å². The normalized spacial score (nSPS) is 37.5. The van der Waals surface area contributed by atoms with E-state index in [0.29, 0.717) is 5.88 Å². The molecule has 2 saturated heterocycles. The molecule has 0 spiro atoms. The van der Waals surface area contributed by atoms with E-state index in [9.17, 15) is 20.4 Å². The summed E-state index contributed by atoms with van der Waals surface area (Å²) in [5, 5.41) is 39.1. The highest BCUT2D eigenvalue weighted by Gasteiger charge is 2.45. The number of rotatable bonds is 4. The lowest BCUT2D eigenvalue weighted by Gasteiger charge is -2.39. The first kappa shape index (κ1) is 17.5. The molecule has 0 saturated carbocycles. The molecule has 134 valence electrons. The fourth-order valence-corrected chi connectivity index (χ4v) is 3.33. The van der Waals surface area contributed by atoms with Crippen LogP contribution in [0.3, 0.4) is 0 Å². The van der Waals surface area contributed by atoms with Crippen LogP contribution >= 0.6 is 0 Å². The number of aliphatic hydroxyl groups is 4.